The van der Waals surface area contributed by atoms with E-state index in [1.54, 1.807) is 7.11 Å². The predicted octanol–water partition coefficient (Wildman–Crippen LogP) is 5.14. The van der Waals surface area contributed by atoms with Gasteiger partial charge in [0, 0.05) is 41.6 Å². The highest BCUT2D eigenvalue weighted by Gasteiger charge is 2.31. The molecule has 0 aliphatic carbocycles. The van der Waals surface area contributed by atoms with Gasteiger partial charge in [0.05, 0.1) is 7.11 Å². The standard InChI is InChI=1S/C24H30N2O/c1-16-6-11-22-21(14-16)24-18(3)25(4)17(2)15-23(24)26(22)13-12-19-7-9-20(27-5)10-8-19/h6-11,14,17-18H,12-13,15H2,1-5H3. The highest BCUT2D eigenvalue weighted by molar-refractivity contribution is 5.87. The van der Waals surface area contributed by atoms with Crippen LogP contribution in [0.1, 0.15) is 42.3 Å². The van der Waals surface area contributed by atoms with Gasteiger partial charge < -0.3 is 9.30 Å². The van der Waals surface area contributed by atoms with Crippen LogP contribution >= 0.6 is 0 Å². The molecule has 0 N–H and O–H groups in total. The fourth-order valence-corrected chi connectivity index (χ4v) is 4.53. The molecule has 0 fully saturated rings. The molecule has 2 unspecified atom stereocenters. The average molecular weight is 363 g/mol. The van der Waals surface area contributed by atoms with Gasteiger partial charge in [-0.2, -0.15) is 0 Å². The third kappa shape index (κ3) is 3.14. The quantitative estimate of drug-likeness (QED) is 0.639. The van der Waals surface area contributed by atoms with E-state index in [4.69, 9.17) is 4.74 Å². The minimum absolute atomic E-state index is 0.454. The maximum Gasteiger partial charge on any atom is 0.118 e. The molecule has 2 atom stereocenters. The minimum atomic E-state index is 0.454. The second kappa shape index (κ2) is 7.05. The number of rotatable bonds is 4. The van der Waals surface area contributed by atoms with Crippen molar-refractivity contribution < 1.29 is 4.74 Å². The molecule has 0 amide bonds. The van der Waals surface area contributed by atoms with Gasteiger partial charge >= 0.3 is 0 Å². The third-order valence-electron chi connectivity index (χ3n) is 6.37. The molecule has 0 saturated heterocycles. The molecule has 2 heterocycles. The SMILES string of the molecule is COc1ccc(CCn2c3c(c4cc(C)ccc42)C(C)N(C)C(C)C3)cc1. The van der Waals surface area contributed by atoms with Crippen molar-refractivity contribution >= 4 is 10.9 Å². The lowest BCUT2D eigenvalue weighted by atomic mass is 9.93. The first-order valence-electron chi connectivity index (χ1n) is 9.96. The Kier molecular flexibility index (Phi) is 4.73. The van der Waals surface area contributed by atoms with E-state index >= 15 is 0 Å². The Morgan fingerprint density at radius 1 is 1.07 bits per heavy atom. The van der Waals surface area contributed by atoms with Crippen LogP contribution in [0.2, 0.25) is 0 Å². The molecule has 0 spiro atoms. The van der Waals surface area contributed by atoms with E-state index in [9.17, 15) is 0 Å². The summed E-state index contributed by atoms with van der Waals surface area (Å²) in [6.07, 6.45) is 2.15. The topological polar surface area (TPSA) is 17.4 Å². The first kappa shape index (κ1) is 18.1. The first-order chi connectivity index (χ1) is 13.0. The molecule has 0 bridgehead atoms. The number of methoxy groups -OCH3 is 1. The monoisotopic (exact) mass is 362 g/mol. The Balaban J connectivity index is 1.74. The zero-order chi connectivity index (χ0) is 19.1. The van der Waals surface area contributed by atoms with Crippen molar-refractivity contribution in [3.8, 4) is 5.75 Å². The largest absolute Gasteiger partial charge is 0.497 e. The van der Waals surface area contributed by atoms with Gasteiger partial charge in [0.1, 0.15) is 5.75 Å². The second-order valence-corrected chi connectivity index (χ2v) is 8.03. The molecular formula is C24H30N2O. The van der Waals surface area contributed by atoms with Gasteiger partial charge in [0.25, 0.3) is 0 Å². The van der Waals surface area contributed by atoms with Gasteiger partial charge in [-0.1, -0.05) is 23.8 Å². The van der Waals surface area contributed by atoms with Crippen molar-refractivity contribution in [3.05, 3.63) is 64.8 Å². The van der Waals surface area contributed by atoms with Crippen molar-refractivity contribution in [2.45, 2.75) is 52.2 Å². The number of benzene rings is 2. The van der Waals surface area contributed by atoms with Crippen LogP contribution in [0, 0.1) is 6.92 Å². The summed E-state index contributed by atoms with van der Waals surface area (Å²) in [5, 5.41) is 1.44. The van der Waals surface area contributed by atoms with Gasteiger partial charge in [-0.3, -0.25) is 4.90 Å². The van der Waals surface area contributed by atoms with Gasteiger partial charge in [-0.15, -0.1) is 0 Å². The Morgan fingerprint density at radius 2 is 1.81 bits per heavy atom. The zero-order valence-corrected chi connectivity index (χ0v) is 17.1. The van der Waals surface area contributed by atoms with E-state index in [0.717, 1.165) is 25.1 Å². The number of ether oxygens (including phenoxy) is 1. The summed E-state index contributed by atoms with van der Waals surface area (Å²) in [5.74, 6) is 0.920. The van der Waals surface area contributed by atoms with E-state index in [1.807, 2.05) is 0 Å². The van der Waals surface area contributed by atoms with E-state index in [2.05, 4.69) is 79.8 Å². The van der Waals surface area contributed by atoms with E-state index < -0.39 is 0 Å². The number of nitrogens with zero attached hydrogens (tertiary/aromatic N) is 2. The molecule has 142 valence electrons. The lowest BCUT2D eigenvalue weighted by Gasteiger charge is -2.37. The highest BCUT2D eigenvalue weighted by Crippen LogP contribution is 2.39. The van der Waals surface area contributed by atoms with Crippen LogP contribution in [-0.2, 0) is 19.4 Å². The van der Waals surface area contributed by atoms with Crippen LogP contribution in [-0.4, -0.2) is 29.7 Å². The molecular weight excluding hydrogens is 332 g/mol. The minimum Gasteiger partial charge on any atom is -0.497 e. The number of fused-ring (bicyclic) bond motifs is 3. The van der Waals surface area contributed by atoms with Crippen LogP contribution in [0.3, 0.4) is 0 Å². The average Bonchev–Trinajstić information content (AvgIpc) is 2.97. The summed E-state index contributed by atoms with van der Waals surface area (Å²) in [5.41, 5.74) is 7.14. The Morgan fingerprint density at radius 3 is 2.52 bits per heavy atom. The van der Waals surface area contributed by atoms with E-state index in [1.165, 1.54) is 33.3 Å². The molecule has 1 aliphatic rings. The Labute approximate surface area is 162 Å². The van der Waals surface area contributed by atoms with Crippen molar-refractivity contribution in [2.75, 3.05) is 14.2 Å². The van der Waals surface area contributed by atoms with Crippen molar-refractivity contribution in [1.29, 1.82) is 0 Å². The molecule has 0 saturated carbocycles. The summed E-state index contributed by atoms with van der Waals surface area (Å²) in [6, 6.07) is 16.4. The fraction of sp³-hybridized carbons (Fsp3) is 0.417. The van der Waals surface area contributed by atoms with Crippen molar-refractivity contribution in [1.82, 2.24) is 9.47 Å². The van der Waals surface area contributed by atoms with Crippen LogP contribution in [0.5, 0.6) is 5.75 Å². The third-order valence-corrected chi connectivity index (χ3v) is 6.37. The van der Waals surface area contributed by atoms with Crippen LogP contribution in [0.15, 0.2) is 42.5 Å². The van der Waals surface area contributed by atoms with E-state index in [-0.39, 0.29) is 0 Å². The number of aryl methyl sites for hydroxylation is 3. The molecule has 3 heteroatoms. The normalized spacial score (nSPS) is 20.0. The Hall–Kier alpha value is -2.26. The summed E-state index contributed by atoms with van der Waals surface area (Å²) < 4.78 is 7.86. The first-order valence-corrected chi connectivity index (χ1v) is 9.96. The molecule has 4 rings (SSSR count). The lowest BCUT2D eigenvalue weighted by Crippen LogP contribution is -2.38. The summed E-state index contributed by atoms with van der Waals surface area (Å²) in [7, 11) is 3.98. The Bertz CT molecular complexity index is 955. The molecule has 0 radical (unpaired) electrons. The van der Waals surface area contributed by atoms with Gasteiger partial charge in [-0.05, 0) is 69.6 Å². The zero-order valence-electron chi connectivity index (χ0n) is 17.1. The maximum absolute atomic E-state index is 5.29. The predicted molar refractivity (Wildman–Crippen MR) is 113 cm³/mol. The summed E-state index contributed by atoms with van der Waals surface area (Å²) >= 11 is 0. The highest BCUT2D eigenvalue weighted by atomic mass is 16.5. The number of aromatic nitrogens is 1. The smallest absolute Gasteiger partial charge is 0.118 e. The molecule has 1 aliphatic heterocycles. The van der Waals surface area contributed by atoms with E-state index in [0.29, 0.717) is 12.1 Å². The fourth-order valence-electron chi connectivity index (χ4n) is 4.53. The lowest BCUT2D eigenvalue weighted by molar-refractivity contribution is 0.177. The number of hydrogen-bond acceptors (Lipinski definition) is 2. The number of hydrogen-bond donors (Lipinski definition) is 0. The second-order valence-electron chi connectivity index (χ2n) is 8.03. The van der Waals surface area contributed by atoms with Gasteiger partial charge in [0.2, 0.25) is 0 Å². The van der Waals surface area contributed by atoms with Crippen molar-refractivity contribution in [3.63, 3.8) is 0 Å². The molecule has 2 aromatic carbocycles. The van der Waals surface area contributed by atoms with Crippen LogP contribution < -0.4 is 4.74 Å². The number of likely N-dealkylation sites (N-methyl/N-ethyl adjacent to an activating group) is 1. The van der Waals surface area contributed by atoms with Crippen molar-refractivity contribution in [2.24, 2.45) is 0 Å². The summed E-state index contributed by atoms with van der Waals surface area (Å²) in [4.78, 5) is 2.51. The van der Waals surface area contributed by atoms with Crippen LogP contribution in [0.4, 0.5) is 0 Å². The molecule has 1 aromatic heterocycles. The maximum atomic E-state index is 5.29. The van der Waals surface area contributed by atoms with Crippen LogP contribution in [0.25, 0.3) is 10.9 Å². The molecule has 3 aromatic rings. The molecule has 27 heavy (non-hydrogen) atoms. The molecule has 3 nitrogen and oxygen atoms in total. The summed E-state index contributed by atoms with van der Waals surface area (Å²) in [6.45, 7) is 7.91. The van der Waals surface area contributed by atoms with Gasteiger partial charge in [-0.25, -0.2) is 0 Å². The van der Waals surface area contributed by atoms with Gasteiger partial charge in [0.15, 0.2) is 0 Å².